The highest BCUT2D eigenvalue weighted by Gasteiger charge is 2.13. The van der Waals surface area contributed by atoms with Gasteiger partial charge in [-0.3, -0.25) is 4.98 Å². The van der Waals surface area contributed by atoms with Crippen molar-refractivity contribution in [3.63, 3.8) is 0 Å². The van der Waals surface area contributed by atoms with E-state index < -0.39 is 0 Å². The van der Waals surface area contributed by atoms with Crippen LogP contribution in [0, 0.1) is 6.92 Å². The van der Waals surface area contributed by atoms with Crippen molar-refractivity contribution in [2.24, 2.45) is 0 Å². The molecule has 0 spiro atoms. The van der Waals surface area contributed by atoms with E-state index in [-0.39, 0.29) is 0 Å². The van der Waals surface area contributed by atoms with Crippen LogP contribution in [-0.2, 0) is 6.42 Å². The van der Waals surface area contributed by atoms with Gasteiger partial charge in [0.1, 0.15) is 0 Å². The van der Waals surface area contributed by atoms with Gasteiger partial charge in [0, 0.05) is 17.6 Å². The average Bonchev–Trinajstić information content (AvgIpc) is 2.70. The van der Waals surface area contributed by atoms with Crippen molar-refractivity contribution >= 4 is 17.7 Å². The number of nitrogens with zero attached hydrogens (tertiary/aromatic N) is 1. The first-order valence-electron chi connectivity index (χ1n) is 7.50. The van der Waals surface area contributed by atoms with Crippen LogP contribution in [0.1, 0.15) is 35.1 Å². The van der Waals surface area contributed by atoms with E-state index in [9.17, 15) is 0 Å². The van der Waals surface area contributed by atoms with E-state index in [2.05, 4.69) is 47.8 Å². The molecule has 0 saturated carbocycles. The van der Waals surface area contributed by atoms with E-state index in [0.717, 1.165) is 23.4 Å². The van der Waals surface area contributed by atoms with Crippen molar-refractivity contribution in [2.45, 2.75) is 20.3 Å². The van der Waals surface area contributed by atoms with Gasteiger partial charge in [0.2, 0.25) is 0 Å². The number of hydrogen-bond donors (Lipinski definition) is 1. The molecule has 0 amide bonds. The average molecular weight is 288 g/mol. The summed E-state index contributed by atoms with van der Waals surface area (Å²) in [5.74, 6) is 0. The van der Waals surface area contributed by atoms with Gasteiger partial charge in [-0.1, -0.05) is 36.4 Å². The van der Waals surface area contributed by atoms with E-state index in [1.165, 1.54) is 22.4 Å². The Balaban J connectivity index is 1.93. The molecule has 0 unspecified atom stereocenters. The van der Waals surface area contributed by atoms with Crippen LogP contribution in [0.2, 0.25) is 0 Å². The second-order valence-electron chi connectivity index (χ2n) is 5.65. The molecule has 0 saturated heterocycles. The zero-order chi connectivity index (χ0) is 15.5. The number of nitrogens with one attached hydrogen (secondary N) is 1. The van der Waals surface area contributed by atoms with Crippen LogP contribution in [0.25, 0.3) is 17.7 Å². The highest BCUT2D eigenvalue weighted by molar-refractivity contribution is 5.80. The lowest BCUT2D eigenvalue weighted by Crippen LogP contribution is -1.87. The normalized spacial score (nSPS) is 13.8. The molecule has 0 radical (unpaired) electrons. The summed E-state index contributed by atoms with van der Waals surface area (Å²) in [6, 6.07) is 6.01. The van der Waals surface area contributed by atoms with Gasteiger partial charge in [-0.2, -0.15) is 0 Å². The quantitative estimate of drug-likeness (QED) is 0.794. The molecule has 3 rings (SSSR count). The van der Waals surface area contributed by atoms with Crippen LogP contribution in [0.4, 0.5) is 0 Å². The molecule has 22 heavy (non-hydrogen) atoms. The molecule has 0 atom stereocenters. The fraction of sp³-hybridized carbons (Fsp3) is 0.150. The van der Waals surface area contributed by atoms with E-state index in [4.69, 9.17) is 0 Å². The van der Waals surface area contributed by atoms with Crippen LogP contribution in [0.3, 0.4) is 0 Å². The molecule has 1 aliphatic rings. The van der Waals surface area contributed by atoms with Crippen molar-refractivity contribution in [3.8, 4) is 0 Å². The summed E-state index contributed by atoms with van der Waals surface area (Å²) in [6.07, 6.45) is 13.4. The van der Waals surface area contributed by atoms with Gasteiger partial charge in [0.05, 0.1) is 5.69 Å². The Labute approximate surface area is 131 Å². The standard InChI is InChI=1S/C20H20N2/c1-14(2)7-11-18-15(3)17-10-8-16(9-12-20(17)22-18)19-6-4-5-13-21-19/h4-9,11-13,22H,1,10H2,2-3H3/b11-7-. The van der Waals surface area contributed by atoms with Gasteiger partial charge in [0.15, 0.2) is 0 Å². The van der Waals surface area contributed by atoms with Crippen molar-refractivity contribution < 1.29 is 0 Å². The minimum absolute atomic E-state index is 0.914. The van der Waals surface area contributed by atoms with E-state index in [1.807, 2.05) is 37.4 Å². The zero-order valence-electron chi connectivity index (χ0n) is 13.1. The van der Waals surface area contributed by atoms with Gasteiger partial charge in [0.25, 0.3) is 0 Å². The largest absolute Gasteiger partial charge is 0.355 e. The third-order valence-electron chi connectivity index (χ3n) is 3.90. The van der Waals surface area contributed by atoms with Gasteiger partial charge in [-0.05, 0) is 61.3 Å². The molecule has 0 aromatic carbocycles. The highest BCUT2D eigenvalue weighted by atomic mass is 14.7. The summed E-state index contributed by atoms with van der Waals surface area (Å²) in [7, 11) is 0. The van der Waals surface area contributed by atoms with Crippen molar-refractivity contribution in [3.05, 3.63) is 83.0 Å². The number of H-pyrrole nitrogens is 1. The molecule has 0 aliphatic heterocycles. The Hall–Kier alpha value is -2.61. The second-order valence-corrected chi connectivity index (χ2v) is 5.65. The summed E-state index contributed by atoms with van der Waals surface area (Å²) in [6.45, 7) is 8.08. The van der Waals surface area contributed by atoms with Crippen LogP contribution >= 0.6 is 0 Å². The molecule has 2 nitrogen and oxygen atoms in total. The molecular formula is C20H20N2. The maximum Gasteiger partial charge on any atom is 0.0698 e. The molecule has 0 bridgehead atoms. The maximum absolute atomic E-state index is 4.43. The predicted octanol–water partition coefficient (Wildman–Crippen LogP) is 4.96. The lowest BCUT2D eigenvalue weighted by Gasteiger charge is -2.00. The minimum Gasteiger partial charge on any atom is -0.355 e. The first kappa shape index (κ1) is 14.3. The molecule has 2 aromatic rings. The third-order valence-corrected chi connectivity index (χ3v) is 3.90. The fourth-order valence-electron chi connectivity index (χ4n) is 2.65. The molecule has 110 valence electrons. The van der Waals surface area contributed by atoms with Crippen LogP contribution in [-0.4, -0.2) is 9.97 Å². The number of pyridine rings is 1. The smallest absolute Gasteiger partial charge is 0.0698 e. The summed E-state index contributed by atoms with van der Waals surface area (Å²) < 4.78 is 0. The van der Waals surface area contributed by atoms with Crippen molar-refractivity contribution in [1.29, 1.82) is 0 Å². The Morgan fingerprint density at radius 1 is 1.32 bits per heavy atom. The Morgan fingerprint density at radius 2 is 2.18 bits per heavy atom. The number of fused-ring (bicyclic) bond motifs is 1. The first-order valence-corrected chi connectivity index (χ1v) is 7.50. The molecule has 0 fully saturated rings. The Bertz CT molecular complexity index is 787. The number of hydrogen-bond acceptors (Lipinski definition) is 1. The fourth-order valence-corrected chi connectivity index (χ4v) is 2.65. The zero-order valence-corrected chi connectivity index (χ0v) is 13.1. The van der Waals surface area contributed by atoms with Crippen molar-refractivity contribution in [1.82, 2.24) is 9.97 Å². The van der Waals surface area contributed by atoms with Gasteiger partial charge in [-0.25, -0.2) is 0 Å². The monoisotopic (exact) mass is 288 g/mol. The van der Waals surface area contributed by atoms with Crippen LogP contribution < -0.4 is 0 Å². The Morgan fingerprint density at radius 3 is 2.91 bits per heavy atom. The molecule has 1 N–H and O–H groups in total. The van der Waals surface area contributed by atoms with Gasteiger partial charge < -0.3 is 4.98 Å². The molecule has 1 aliphatic carbocycles. The summed E-state index contributed by atoms with van der Waals surface area (Å²) in [5.41, 5.74) is 8.23. The lowest BCUT2D eigenvalue weighted by molar-refractivity contribution is 1.22. The predicted molar refractivity (Wildman–Crippen MR) is 94.3 cm³/mol. The number of aromatic nitrogens is 2. The molecule has 2 heterocycles. The van der Waals surface area contributed by atoms with Crippen LogP contribution in [0.5, 0.6) is 0 Å². The SMILES string of the molecule is C=C(C)/C=C\c1[nH]c2c(c1C)CC=C(c1ccccn1)C=C2. The summed E-state index contributed by atoms with van der Waals surface area (Å²) in [5, 5.41) is 0. The van der Waals surface area contributed by atoms with Gasteiger partial charge >= 0.3 is 0 Å². The van der Waals surface area contributed by atoms with E-state index in [1.54, 1.807) is 0 Å². The molecule has 2 heteroatoms. The van der Waals surface area contributed by atoms with E-state index in [0.29, 0.717) is 0 Å². The third kappa shape index (κ3) is 2.86. The second kappa shape index (κ2) is 6.02. The van der Waals surface area contributed by atoms with Crippen LogP contribution in [0.15, 0.2) is 54.8 Å². The molecule has 2 aromatic heterocycles. The van der Waals surface area contributed by atoms with Crippen molar-refractivity contribution in [2.75, 3.05) is 0 Å². The van der Waals surface area contributed by atoms with E-state index >= 15 is 0 Å². The topological polar surface area (TPSA) is 28.7 Å². The molecular weight excluding hydrogens is 268 g/mol. The number of rotatable bonds is 3. The summed E-state index contributed by atoms with van der Waals surface area (Å²) >= 11 is 0. The number of allylic oxidation sites excluding steroid dienone is 5. The highest BCUT2D eigenvalue weighted by Crippen LogP contribution is 2.27. The minimum atomic E-state index is 0.914. The van der Waals surface area contributed by atoms with Gasteiger partial charge in [-0.15, -0.1) is 0 Å². The Kier molecular flexibility index (Phi) is 3.92. The maximum atomic E-state index is 4.43. The number of aromatic amines is 1. The first-order chi connectivity index (χ1) is 10.6. The lowest BCUT2D eigenvalue weighted by atomic mass is 10.1. The summed E-state index contributed by atoms with van der Waals surface area (Å²) in [4.78, 5) is 7.93.